The minimum absolute atomic E-state index is 0.0132. The van der Waals surface area contributed by atoms with Crippen LogP contribution in [-0.2, 0) is 16.0 Å². The Hall–Kier alpha value is -2.86. The average molecular weight is 410 g/mol. The molecule has 0 aromatic heterocycles. The summed E-state index contributed by atoms with van der Waals surface area (Å²) in [6.45, 7) is 1.85. The van der Waals surface area contributed by atoms with Gasteiger partial charge in [-0.25, -0.2) is 4.79 Å². The van der Waals surface area contributed by atoms with Gasteiger partial charge in [-0.05, 0) is 42.5 Å². The first-order chi connectivity index (χ1) is 14.7. The topological polar surface area (TPSA) is 84.7 Å². The third kappa shape index (κ3) is 6.32. The standard InChI is InChI=1S/C24H31N3O3/c25-15-5-2-6-16-26-24(29)30-23-10-7-17-27(23)22(28)18-19-11-13-21(14-12-19)20-8-3-1-4-9-20/h1,3-4,8-9,11-14,23H,2,5-7,10,15-18,25H2,(H,26,29)/t23-/m1/s1. The van der Waals surface area contributed by atoms with E-state index >= 15 is 0 Å². The number of nitrogens with zero attached hydrogens (tertiary/aromatic N) is 1. The summed E-state index contributed by atoms with van der Waals surface area (Å²) in [5.74, 6) is -0.0132. The molecule has 0 unspecified atom stereocenters. The molecule has 160 valence electrons. The Morgan fingerprint density at radius 1 is 1.00 bits per heavy atom. The van der Waals surface area contributed by atoms with Gasteiger partial charge >= 0.3 is 6.09 Å². The number of unbranched alkanes of at least 4 members (excludes halogenated alkanes) is 2. The molecule has 1 aliphatic rings. The summed E-state index contributed by atoms with van der Waals surface area (Å²) >= 11 is 0. The van der Waals surface area contributed by atoms with Gasteiger partial charge in [0, 0.05) is 19.5 Å². The van der Waals surface area contributed by atoms with Crippen LogP contribution in [0, 0.1) is 0 Å². The smallest absolute Gasteiger partial charge is 0.409 e. The highest BCUT2D eigenvalue weighted by Gasteiger charge is 2.31. The highest BCUT2D eigenvalue weighted by atomic mass is 16.6. The molecule has 1 heterocycles. The SMILES string of the molecule is NCCCCCNC(=O)O[C@@H]1CCCN1C(=O)Cc1ccc(-c2ccccc2)cc1. The Kier molecular flexibility index (Phi) is 8.27. The molecular weight excluding hydrogens is 378 g/mol. The van der Waals surface area contributed by atoms with Crippen LogP contribution in [0.15, 0.2) is 54.6 Å². The number of nitrogens with one attached hydrogen (secondary N) is 1. The lowest BCUT2D eigenvalue weighted by Crippen LogP contribution is -2.41. The van der Waals surface area contributed by atoms with Gasteiger partial charge in [0.25, 0.3) is 0 Å². The number of carbonyl (C=O) groups excluding carboxylic acids is 2. The Labute approximate surface area is 178 Å². The number of benzene rings is 2. The fourth-order valence-corrected chi connectivity index (χ4v) is 3.67. The largest absolute Gasteiger partial charge is 0.425 e. The zero-order valence-corrected chi connectivity index (χ0v) is 17.4. The van der Waals surface area contributed by atoms with E-state index in [-0.39, 0.29) is 5.91 Å². The minimum Gasteiger partial charge on any atom is -0.425 e. The van der Waals surface area contributed by atoms with E-state index in [0.29, 0.717) is 32.5 Å². The van der Waals surface area contributed by atoms with E-state index in [2.05, 4.69) is 17.4 Å². The van der Waals surface area contributed by atoms with Gasteiger partial charge in [-0.3, -0.25) is 4.79 Å². The molecule has 0 bridgehead atoms. The fourth-order valence-electron chi connectivity index (χ4n) is 3.67. The normalized spacial score (nSPS) is 15.8. The van der Waals surface area contributed by atoms with Crippen molar-refractivity contribution in [2.45, 2.75) is 44.8 Å². The summed E-state index contributed by atoms with van der Waals surface area (Å²) < 4.78 is 5.50. The molecule has 1 aliphatic heterocycles. The molecule has 2 aromatic carbocycles. The van der Waals surface area contributed by atoms with Crippen molar-refractivity contribution in [2.75, 3.05) is 19.6 Å². The van der Waals surface area contributed by atoms with Crippen LogP contribution in [0.2, 0.25) is 0 Å². The van der Waals surface area contributed by atoms with E-state index in [1.54, 1.807) is 4.90 Å². The molecule has 2 aromatic rings. The van der Waals surface area contributed by atoms with Crippen molar-refractivity contribution < 1.29 is 14.3 Å². The molecule has 6 heteroatoms. The van der Waals surface area contributed by atoms with Crippen LogP contribution in [0.25, 0.3) is 11.1 Å². The summed E-state index contributed by atoms with van der Waals surface area (Å²) in [5, 5.41) is 2.76. The summed E-state index contributed by atoms with van der Waals surface area (Å²) in [4.78, 5) is 26.5. The molecule has 30 heavy (non-hydrogen) atoms. The molecule has 6 nitrogen and oxygen atoms in total. The lowest BCUT2D eigenvalue weighted by atomic mass is 10.0. The maximum absolute atomic E-state index is 12.8. The third-order valence-electron chi connectivity index (χ3n) is 5.33. The van der Waals surface area contributed by atoms with Crippen molar-refractivity contribution in [3.63, 3.8) is 0 Å². The first kappa shape index (κ1) is 21.8. The predicted molar refractivity (Wildman–Crippen MR) is 118 cm³/mol. The summed E-state index contributed by atoms with van der Waals surface area (Å²) in [6.07, 6.45) is 3.69. The number of carbonyl (C=O) groups is 2. The molecule has 0 saturated carbocycles. The minimum atomic E-state index is -0.481. The molecule has 1 atom stereocenters. The van der Waals surface area contributed by atoms with Crippen molar-refractivity contribution in [1.29, 1.82) is 0 Å². The lowest BCUT2D eigenvalue weighted by Gasteiger charge is -2.24. The highest BCUT2D eigenvalue weighted by Crippen LogP contribution is 2.22. The Bertz CT molecular complexity index is 808. The number of alkyl carbamates (subject to hydrolysis) is 1. The second kappa shape index (κ2) is 11.4. The fraction of sp³-hybridized carbons (Fsp3) is 0.417. The molecule has 0 radical (unpaired) electrons. The molecule has 0 spiro atoms. The van der Waals surface area contributed by atoms with E-state index in [1.807, 2.05) is 42.5 Å². The van der Waals surface area contributed by atoms with E-state index < -0.39 is 12.3 Å². The van der Waals surface area contributed by atoms with Crippen LogP contribution in [0.3, 0.4) is 0 Å². The van der Waals surface area contributed by atoms with Gasteiger partial charge in [-0.15, -0.1) is 0 Å². The van der Waals surface area contributed by atoms with Gasteiger partial charge < -0.3 is 20.7 Å². The van der Waals surface area contributed by atoms with E-state index in [1.165, 1.54) is 0 Å². The van der Waals surface area contributed by atoms with E-state index in [0.717, 1.165) is 42.4 Å². The Morgan fingerprint density at radius 2 is 1.73 bits per heavy atom. The van der Waals surface area contributed by atoms with E-state index in [9.17, 15) is 9.59 Å². The van der Waals surface area contributed by atoms with E-state index in [4.69, 9.17) is 10.5 Å². The van der Waals surface area contributed by atoms with Crippen molar-refractivity contribution in [1.82, 2.24) is 10.2 Å². The lowest BCUT2D eigenvalue weighted by molar-refractivity contribution is -0.137. The number of ether oxygens (including phenoxy) is 1. The van der Waals surface area contributed by atoms with Gasteiger partial charge in [0.2, 0.25) is 5.91 Å². The number of amides is 2. The molecule has 0 aliphatic carbocycles. The van der Waals surface area contributed by atoms with Crippen molar-refractivity contribution in [3.8, 4) is 11.1 Å². The number of rotatable bonds is 9. The second-order valence-corrected chi connectivity index (χ2v) is 7.61. The monoisotopic (exact) mass is 409 g/mol. The summed E-state index contributed by atoms with van der Waals surface area (Å²) in [6, 6.07) is 18.2. The van der Waals surface area contributed by atoms with Gasteiger partial charge in [-0.2, -0.15) is 0 Å². The Morgan fingerprint density at radius 3 is 2.47 bits per heavy atom. The molecule has 2 amide bonds. The predicted octanol–water partition coefficient (Wildman–Crippen LogP) is 3.70. The number of nitrogens with two attached hydrogens (primary N) is 1. The Balaban J connectivity index is 1.49. The van der Waals surface area contributed by atoms with Crippen LogP contribution < -0.4 is 11.1 Å². The molecule has 1 fully saturated rings. The maximum atomic E-state index is 12.8. The number of hydrogen-bond acceptors (Lipinski definition) is 4. The molecule has 1 saturated heterocycles. The van der Waals surface area contributed by atoms with Crippen molar-refractivity contribution in [3.05, 3.63) is 60.2 Å². The van der Waals surface area contributed by atoms with Gasteiger partial charge in [0.1, 0.15) is 0 Å². The molecular formula is C24H31N3O3. The molecule has 3 rings (SSSR count). The average Bonchev–Trinajstić information content (AvgIpc) is 3.23. The van der Waals surface area contributed by atoms with Gasteiger partial charge in [0.15, 0.2) is 6.23 Å². The quantitative estimate of drug-likeness (QED) is 0.619. The van der Waals surface area contributed by atoms with Gasteiger partial charge in [-0.1, -0.05) is 61.0 Å². The van der Waals surface area contributed by atoms with Crippen LogP contribution in [0.1, 0.15) is 37.7 Å². The van der Waals surface area contributed by atoms with Crippen LogP contribution in [-0.4, -0.2) is 42.8 Å². The zero-order valence-electron chi connectivity index (χ0n) is 17.4. The number of hydrogen-bond donors (Lipinski definition) is 2. The first-order valence-electron chi connectivity index (χ1n) is 10.8. The van der Waals surface area contributed by atoms with Crippen molar-refractivity contribution in [2.24, 2.45) is 5.73 Å². The van der Waals surface area contributed by atoms with Crippen molar-refractivity contribution >= 4 is 12.0 Å². The zero-order chi connectivity index (χ0) is 21.2. The summed E-state index contributed by atoms with van der Waals surface area (Å²) in [5.41, 5.74) is 8.69. The van der Waals surface area contributed by atoms with Gasteiger partial charge in [0.05, 0.1) is 6.42 Å². The van der Waals surface area contributed by atoms with Crippen LogP contribution >= 0.6 is 0 Å². The van der Waals surface area contributed by atoms with Crippen LogP contribution in [0.5, 0.6) is 0 Å². The van der Waals surface area contributed by atoms with Crippen LogP contribution in [0.4, 0.5) is 4.79 Å². The molecule has 3 N–H and O–H groups in total. The third-order valence-corrected chi connectivity index (χ3v) is 5.33. The first-order valence-corrected chi connectivity index (χ1v) is 10.8. The summed E-state index contributed by atoms with van der Waals surface area (Å²) in [7, 11) is 0. The number of likely N-dealkylation sites (tertiary alicyclic amines) is 1. The second-order valence-electron chi connectivity index (χ2n) is 7.61. The maximum Gasteiger partial charge on any atom is 0.409 e. The highest BCUT2D eigenvalue weighted by molar-refractivity contribution is 5.80.